The number of hydrogen-bond acceptors (Lipinski definition) is 2. The summed E-state index contributed by atoms with van der Waals surface area (Å²) >= 11 is 0. The fourth-order valence-corrected chi connectivity index (χ4v) is 1.67. The molecule has 1 aromatic carbocycles. The molecular formula is C15H21NO2. The molecule has 0 heterocycles. The van der Waals surface area contributed by atoms with Crippen molar-refractivity contribution in [1.29, 1.82) is 0 Å². The summed E-state index contributed by atoms with van der Waals surface area (Å²) in [6, 6.07) is 8.35. The number of rotatable bonds is 5. The van der Waals surface area contributed by atoms with Gasteiger partial charge in [-0.15, -0.1) is 0 Å². The highest BCUT2D eigenvalue weighted by Crippen LogP contribution is 2.20. The van der Waals surface area contributed by atoms with Crippen molar-refractivity contribution < 1.29 is 9.90 Å². The van der Waals surface area contributed by atoms with Crippen LogP contribution in [0.25, 0.3) is 6.08 Å². The van der Waals surface area contributed by atoms with Crippen LogP contribution < -0.4 is 4.90 Å². The van der Waals surface area contributed by atoms with Crippen LogP contribution in [0, 0.1) is 5.92 Å². The molecule has 0 amide bonds. The van der Waals surface area contributed by atoms with Crippen LogP contribution >= 0.6 is 0 Å². The summed E-state index contributed by atoms with van der Waals surface area (Å²) in [6.07, 6.45) is 2.74. The molecule has 1 unspecified atom stereocenters. The number of hydrogen-bond donors (Lipinski definition) is 1. The topological polar surface area (TPSA) is 40.5 Å². The second kappa shape index (κ2) is 6.24. The van der Waals surface area contributed by atoms with Gasteiger partial charge in [0.15, 0.2) is 0 Å². The first kappa shape index (κ1) is 14.3. The van der Waals surface area contributed by atoms with E-state index in [4.69, 9.17) is 5.11 Å². The minimum absolute atomic E-state index is 0.463. The molecule has 0 aliphatic rings. The van der Waals surface area contributed by atoms with Crippen LogP contribution in [0.4, 0.5) is 5.69 Å². The fraction of sp³-hybridized carbons (Fsp3) is 0.400. The summed E-state index contributed by atoms with van der Waals surface area (Å²) in [7, 11) is 2.08. The highest BCUT2D eigenvalue weighted by atomic mass is 16.4. The highest BCUT2D eigenvalue weighted by Gasteiger charge is 2.13. The molecule has 0 aliphatic carbocycles. The molecule has 98 valence electrons. The molecule has 3 heteroatoms. The maximum Gasteiger partial charge on any atom is 0.328 e. The van der Waals surface area contributed by atoms with Gasteiger partial charge in [-0.3, -0.25) is 0 Å². The Morgan fingerprint density at radius 1 is 1.22 bits per heavy atom. The summed E-state index contributed by atoms with van der Waals surface area (Å²) in [5, 5.41) is 8.56. The first-order valence-corrected chi connectivity index (χ1v) is 6.15. The number of carbonyl (C=O) groups is 1. The molecule has 0 aliphatic heterocycles. The fourth-order valence-electron chi connectivity index (χ4n) is 1.67. The molecular weight excluding hydrogens is 226 g/mol. The molecule has 0 bridgehead atoms. The van der Waals surface area contributed by atoms with E-state index in [0.29, 0.717) is 12.0 Å². The first-order chi connectivity index (χ1) is 8.41. The number of aliphatic carboxylic acids is 1. The van der Waals surface area contributed by atoms with Gasteiger partial charge in [0.1, 0.15) is 0 Å². The lowest BCUT2D eigenvalue weighted by Gasteiger charge is -2.30. The number of anilines is 1. The summed E-state index contributed by atoms with van der Waals surface area (Å²) < 4.78 is 0. The minimum Gasteiger partial charge on any atom is -0.478 e. The van der Waals surface area contributed by atoms with Crippen LogP contribution in [-0.2, 0) is 4.79 Å². The summed E-state index contributed by atoms with van der Waals surface area (Å²) in [4.78, 5) is 12.6. The third-order valence-corrected chi connectivity index (χ3v) is 3.29. The van der Waals surface area contributed by atoms with Gasteiger partial charge in [-0.05, 0) is 36.6 Å². The smallest absolute Gasteiger partial charge is 0.328 e. The largest absolute Gasteiger partial charge is 0.478 e. The van der Waals surface area contributed by atoms with Crippen LogP contribution in [0.3, 0.4) is 0 Å². The molecule has 1 atom stereocenters. The van der Waals surface area contributed by atoms with Gasteiger partial charge in [-0.1, -0.05) is 26.0 Å². The van der Waals surface area contributed by atoms with E-state index in [1.165, 1.54) is 0 Å². The predicted octanol–water partition coefficient (Wildman–Crippen LogP) is 3.27. The molecule has 0 radical (unpaired) electrons. The second-order valence-electron chi connectivity index (χ2n) is 4.86. The quantitative estimate of drug-likeness (QED) is 0.812. The van der Waals surface area contributed by atoms with E-state index in [1.807, 2.05) is 24.3 Å². The lowest BCUT2D eigenvalue weighted by Crippen LogP contribution is -2.33. The average Bonchev–Trinajstić information content (AvgIpc) is 2.35. The van der Waals surface area contributed by atoms with Crippen LogP contribution in [0.15, 0.2) is 30.3 Å². The van der Waals surface area contributed by atoms with Crippen LogP contribution in [-0.4, -0.2) is 24.2 Å². The van der Waals surface area contributed by atoms with Gasteiger partial charge in [0, 0.05) is 24.9 Å². The Morgan fingerprint density at radius 3 is 2.22 bits per heavy atom. The summed E-state index contributed by atoms with van der Waals surface area (Å²) in [5.41, 5.74) is 2.04. The summed E-state index contributed by atoms with van der Waals surface area (Å²) in [5.74, 6) is -0.341. The van der Waals surface area contributed by atoms with Crippen molar-refractivity contribution in [3.05, 3.63) is 35.9 Å². The van der Waals surface area contributed by atoms with Gasteiger partial charge in [-0.2, -0.15) is 0 Å². The number of benzene rings is 1. The van der Waals surface area contributed by atoms with Crippen molar-refractivity contribution in [3.8, 4) is 0 Å². The van der Waals surface area contributed by atoms with Crippen LogP contribution in [0.5, 0.6) is 0 Å². The van der Waals surface area contributed by atoms with E-state index in [9.17, 15) is 4.79 Å². The molecule has 0 aromatic heterocycles. The van der Waals surface area contributed by atoms with E-state index >= 15 is 0 Å². The molecule has 3 nitrogen and oxygen atoms in total. The van der Waals surface area contributed by atoms with Gasteiger partial charge in [0.2, 0.25) is 0 Å². The van der Waals surface area contributed by atoms with Gasteiger partial charge >= 0.3 is 5.97 Å². The Balaban J connectivity index is 2.79. The molecule has 0 saturated heterocycles. The number of nitrogens with zero attached hydrogens (tertiary/aromatic N) is 1. The number of carboxylic acid groups (broad SMARTS) is 1. The maximum absolute atomic E-state index is 10.4. The third-order valence-electron chi connectivity index (χ3n) is 3.29. The third kappa shape index (κ3) is 3.91. The summed E-state index contributed by atoms with van der Waals surface area (Å²) in [6.45, 7) is 6.60. The molecule has 1 rings (SSSR count). The van der Waals surface area contributed by atoms with E-state index in [2.05, 4.69) is 32.7 Å². The predicted molar refractivity (Wildman–Crippen MR) is 75.8 cm³/mol. The van der Waals surface area contributed by atoms with Crippen molar-refractivity contribution in [2.45, 2.75) is 26.8 Å². The van der Waals surface area contributed by atoms with Gasteiger partial charge in [0.25, 0.3) is 0 Å². The van der Waals surface area contributed by atoms with E-state index in [0.717, 1.165) is 17.3 Å². The Labute approximate surface area is 109 Å². The zero-order chi connectivity index (χ0) is 13.7. The zero-order valence-electron chi connectivity index (χ0n) is 11.4. The number of carboxylic acids is 1. The van der Waals surface area contributed by atoms with Crippen LogP contribution in [0.1, 0.15) is 26.3 Å². The molecule has 18 heavy (non-hydrogen) atoms. The average molecular weight is 247 g/mol. The van der Waals surface area contributed by atoms with E-state index in [1.54, 1.807) is 6.08 Å². The van der Waals surface area contributed by atoms with Crippen molar-refractivity contribution in [3.63, 3.8) is 0 Å². The first-order valence-electron chi connectivity index (χ1n) is 6.15. The monoisotopic (exact) mass is 247 g/mol. The standard InChI is InChI=1S/C15H21NO2/c1-11(2)12(3)16(4)14-8-5-13(6-9-14)7-10-15(17)18/h5-12H,1-4H3,(H,17,18)/b10-7+. The van der Waals surface area contributed by atoms with Gasteiger partial charge in [0.05, 0.1) is 0 Å². The highest BCUT2D eigenvalue weighted by molar-refractivity contribution is 5.85. The zero-order valence-corrected chi connectivity index (χ0v) is 11.4. The Kier molecular flexibility index (Phi) is 4.95. The second-order valence-corrected chi connectivity index (χ2v) is 4.86. The lowest BCUT2D eigenvalue weighted by atomic mass is 10.0. The Morgan fingerprint density at radius 2 is 1.78 bits per heavy atom. The Bertz CT molecular complexity index is 421. The molecule has 1 aromatic rings. The van der Waals surface area contributed by atoms with Crippen molar-refractivity contribution in [2.75, 3.05) is 11.9 Å². The van der Waals surface area contributed by atoms with Gasteiger partial charge in [-0.25, -0.2) is 4.79 Å². The van der Waals surface area contributed by atoms with E-state index < -0.39 is 5.97 Å². The van der Waals surface area contributed by atoms with Crippen molar-refractivity contribution in [2.24, 2.45) is 5.92 Å². The molecule has 0 fully saturated rings. The maximum atomic E-state index is 10.4. The van der Waals surface area contributed by atoms with Crippen LogP contribution in [0.2, 0.25) is 0 Å². The minimum atomic E-state index is -0.926. The van der Waals surface area contributed by atoms with Crippen molar-refractivity contribution >= 4 is 17.7 Å². The Hall–Kier alpha value is -1.77. The van der Waals surface area contributed by atoms with E-state index in [-0.39, 0.29) is 0 Å². The molecule has 0 saturated carbocycles. The lowest BCUT2D eigenvalue weighted by molar-refractivity contribution is -0.131. The van der Waals surface area contributed by atoms with Crippen molar-refractivity contribution in [1.82, 2.24) is 0 Å². The molecule has 1 N–H and O–H groups in total. The SMILES string of the molecule is CC(C)C(C)N(C)c1ccc(/C=C/C(=O)O)cc1. The van der Waals surface area contributed by atoms with Gasteiger partial charge < -0.3 is 10.0 Å². The normalized spacial score (nSPS) is 12.9. The molecule has 0 spiro atoms.